The first kappa shape index (κ1) is 28.3. The van der Waals surface area contributed by atoms with Crippen molar-refractivity contribution in [3.63, 3.8) is 0 Å². The number of carboxylic acid groups (broad SMARTS) is 2. The number of hydrogen-bond donors (Lipinski definition) is 7. The normalized spacial score (nSPS) is 19.1. The molecule has 0 aromatic carbocycles. The second kappa shape index (κ2) is 14.4. The Morgan fingerprint density at radius 2 is 1.70 bits per heavy atom. The maximum absolute atomic E-state index is 12.9. The molecule has 0 aromatic rings. The van der Waals surface area contributed by atoms with Crippen LogP contribution in [0.1, 0.15) is 58.8 Å². The van der Waals surface area contributed by atoms with Gasteiger partial charge in [0.25, 0.3) is 0 Å². The number of amides is 3. The van der Waals surface area contributed by atoms with Crippen molar-refractivity contribution in [1.82, 2.24) is 21.3 Å². The van der Waals surface area contributed by atoms with Crippen LogP contribution in [-0.2, 0) is 24.0 Å². The number of carboxylic acids is 2. The van der Waals surface area contributed by atoms with Gasteiger partial charge < -0.3 is 37.2 Å². The van der Waals surface area contributed by atoms with Crippen molar-refractivity contribution in [2.45, 2.75) is 83.0 Å². The molecule has 8 N–H and O–H groups in total. The molecule has 0 aromatic heterocycles. The highest BCUT2D eigenvalue weighted by molar-refractivity contribution is 5.95. The molecule has 0 radical (unpaired) electrons. The van der Waals surface area contributed by atoms with Crippen LogP contribution >= 0.6 is 0 Å². The molecular formula is C21H37N5O7. The van der Waals surface area contributed by atoms with Crippen LogP contribution in [0, 0.1) is 5.92 Å². The predicted octanol–water partition coefficient (Wildman–Crippen LogP) is -1.07. The highest BCUT2D eigenvalue weighted by Crippen LogP contribution is 2.10. The van der Waals surface area contributed by atoms with Crippen LogP contribution < -0.4 is 27.0 Å². The minimum absolute atomic E-state index is 0.257. The highest BCUT2D eigenvalue weighted by atomic mass is 16.4. The Morgan fingerprint density at radius 1 is 1.03 bits per heavy atom. The Hall–Kier alpha value is -2.73. The second-order valence-electron chi connectivity index (χ2n) is 8.36. The van der Waals surface area contributed by atoms with E-state index in [9.17, 15) is 34.2 Å². The SMILES string of the molecule is CCC(C)C(NC(=O)C(CC(=O)O)NC(=O)C(CCCCN)NC(=O)C1CCCN1)C(=O)O. The lowest BCUT2D eigenvalue weighted by atomic mass is 9.98. The molecule has 188 valence electrons. The third-order valence-corrected chi connectivity index (χ3v) is 5.75. The van der Waals surface area contributed by atoms with Crippen LogP contribution in [0.4, 0.5) is 0 Å². The fraction of sp³-hybridized carbons (Fsp3) is 0.762. The Bertz CT molecular complexity index is 696. The topological polar surface area (TPSA) is 200 Å². The minimum Gasteiger partial charge on any atom is -0.481 e. The zero-order valence-corrected chi connectivity index (χ0v) is 19.3. The third kappa shape index (κ3) is 9.74. The summed E-state index contributed by atoms with van der Waals surface area (Å²) in [6, 6.07) is -4.14. The summed E-state index contributed by atoms with van der Waals surface area (Å²) in [5, 5.41) is 29.0. The summed E-state index contributed by atoms with van der Waals surface area (Å²) in [5.41, 5.74) is 5.51. The summed E-state index contributed by atoms with van der Waals surface area (Å²) < 4.78 is 0. The van der Waals surface area contributed by atoms with Crippen molar-refractivity contribution >= 4 is 29.7 Å². The maximum Gasteiger partial charge on any atom is 0.326 e. The maximum atomic E-state index is 12.9. The molecule has 12 nitrogen and oxygen atoms in total. The Balaban J connectivity index is 2.94. The van der Waals surface area contributed by atoms with E-state index in [1.165, 1.54) is 0 Å². The van der Waals surface area contributed by atoms with Gasteiger partial charge in [-0.05, 0) is 51.1 Å². The number of nitrogens with one attached hydrogen (secondary N) is 4. The van der Waals surface area contributed by atoms with E-state index < -0.39 is 60.3 Å². The van der Waals surface area contributed by atoms with Gasteiger partial charge in [-0.1, -0.05) is 20.3 Å². The molecule has 33 heavy (non-hydrogen) atoms. The molecule has 3 amide bonds. The molecule has 5 atom stereocenters. The van der Waals surface area contributed by atoms with E-state index in [0.29, 0.717) is 38.8 Å². The van der Waals surface area contributed by atoms with E-state index in [-0.39, 0.29) is 12.3 Å². The largest absolute Gasteiger partial charge is 0.481 e. The molecule has 5 unspecified atom stereocenters. The van der Waals surface area contributed by atoms with E-state index in [2.05, 4.69) is 21.3 Å². The summed E-state index contributed by atoms with van der Waals surface area (Å²) in [6.07, 6.45) is 2.62. The lowest BCUT2D eigenvalue weighted by Gasteiger charge is -2.26. The molecule has 1 fully saturated rings. The third-order valence-electron chi connectivity index (χ3n) is 5.75. The average Bonchev–Trinajstić information content (AvgIpc) is 3.30. The molecule has 0 saturated carbocycles. The molecule has 0 bridgehead atoms. The van der Waals surface area contributed by atoms with Gasteiger partial charge in [0.05, 0.1) is 12.5 Å². The number of carbonyl (C=O) groups is 5. The van der Waals surface area contributed by atoms with Gasteiger partial charge >= 0.3 is 11.9 Å². The average molecular weight is 472 g/mol. The van der Waals surface area contributed by atoms with Crippen LogP contribution in [0.3, 0.4) is 0 Å². The van der Waals surface area contributed by atoms with E-state index in [1.807, 2.05) is 0 Å². The van der Waals surface area contributed by atoms with Gasteiger partial charge in [0.2, 0.25) is 17.7 Å². The van der Waals surface area contributed by atoms with Crippen LogP contribution in [0.25, 0.3) is 0 Å². The van der Waals surface area contributed by atoms with Gasteiger partial charge in [-0.3, -0.25) is 19.2 Å². The smallest absolute Gasteiger partial charge is 0.326 e. The molecule has 1 rings (SSSR count). The first-order chi connectivity index (χ1) is 15.6. The monoisotopic (exact) mass is 471 g/mol. The molecule has 12 heteroatoms. The number of carbonyl (C=O) groups excluding carboxylic acids is 3. The van der Waals surface area contributed by atoms with Crippen molar-refractivity contribution in [3.05, 3.63) is 0 Å². The summed E-state index contributed by atoms with van der Waals surface area (Å²) in [6.45, 7) is 4.51. The Morgan fingerprint density at radius 3 is 2.21 bits per heavy atom. The molecule has 1 aliphatic rings. The van der Waals surface area contributed by atoms with Crippen molar-refractivity contribution in [3.8, 4) is 0 Å². The fourth-order valence-electron chi connectivity index (χ4n) is 3.54. The van der Waals surface area contributed by atoms with Gasteiger partial charge in [0.1, 0.15) is 18.1 Å². The number of aliphatic carboxylic acids is 2. The first-order valence-corrected chi connectivity index (χ1v) is 11.4. The van der Waals surface area contributed by atoms with Crippen LogP contribution in [0.5, 0.6) is 0 Å². The van der Waals surface area contributed by atoms with E-state index in [0.717, 1.165) is 6.42 Å². The number of unbranched alkanes of at least 4 members (excludes halogenated alkanes) is 1. The second-order valence-corrected chi connectivity index (χ2v) is 8.36. The van der Waals surface area contributed by atoms with Gasteiger partial charge in [-0.2, -0.15) is 0 Å². The van der Waals surface area contributed by atoms with Gasteiger partial charge in [0.15, 0.2) is 0 Å². The lowest BCUT2D eigenvalue weighted by Crippen LogP contribution is -2.58. The summed E-state index contributed by atoms with van der Waals surface area (Å²) in [5.74, 6) is -4.98. The molecule has 0 spiro atoms. The zero-order chi connectivity index (χ0) is 25.0. The molecular weight excluding hydrogens is 434 g/mol. The Kier molecular flexibility index (Phi) is 12.4. The first-order valence-electron chi connectivity index (χ1n) is 11.4. The molecule has 0 aliphatic carbocycles. The molecule has 1 saturated heterocycles. The number of rotatable bonds is 15. The summed E-state index contributed by atoms with van der Waals surface area (Å²) >= 11 is 0. The van der Waals surface area contributed by atoms with E-state index >= 15 is 0 Å². The number of nitrogens with two attached hydrogens (primary N) is 1. The molecule has 1 heterocycles. The van der Waals surface area contributed by atoms with Gasteiger partial charge in [-0.15, -0.1) is 0 Å². The fourth-order valence-corrected chi connectivity index (χ4v) is 3.54. The van der Waals surface area contributed by atoms with Crippen LogP contribution in [0.15, 0.2) is 0 Å². The van der Waals surface area contributed by atoms with Gasteiger partial charge in [-0.25, -0.2) is 4.79 Å². The van der Waals surface area contributed by atoms with Crippen molar-refractivity contribution in [2.24, 2.45) is 11.7 Å². The van der Waals surface area contributed by atoms with E-state index in [4.69, 9.17) is 5.73 Å². The quantitative estimate of drug-likeness (QED) is 0.145. The lowest BCUT2D eigenvalue weighted by molar-refractivity contribution is -0.144. The predicted molar refractivity (Wildman–Crippen MR) is 119 cm³/mol. The Labute approximate surface area is 193 Å². The zero-order valence-electron chi connectivity index (χ0n) is 19.3. The van der Waals surface area contributed by atoms with Crippen molar-refractivity contribution in [2.75, 3.05) is 13.1 Å². The highest BCUT2D eigenvalue weighted by Gasteiger charge is 2.33. The van der Waals surface area contributed by atoms with E-state index in [1.54, 1.807) is 13.8 Å². The minimum atomic E-state index is -1.50. The van der Waals surface area contributed by atoms with Crippen molar-refractivity contribution in [1.29, 1.82) is 0 Å². The molecule has 1 aliphatic heterocycles. The van der Waals surface area contributed by atoms with Crippen LogP contribution in [-0.4, -0.2) is 77.1 Å². The van der Waals surface area contributed by atoms with Crippen LogP contribution in [0.2, 0.25) is 0 Å². The summed E-state index contributed by atoms with van der Waals surface area (Å²) in [7, 11) is 0. The standard InChI is InChI=1S/C21H37N5O7/c1-3-12(2)17(21(32)33)26-20(31)15(11-16(27)28)25-19(30)14(7-4-5-9-22)24-18(29)13-8-6-10-23-13/h12-15,17,23H,3-11,22H2,1-2H3,(H,24,29)(H,25,30)(H,26,31)(H,27,28)(H,32,33). The van der Waals surface area contributed by atoms with Gasteiger partial charge in [0, 0.05) is 0 Å². The van der Waals surface area contributed by atoms with Crippen molar-refractivity contribution < 1.29 is 34.2 Å². The number of hydrogen-bond acceptors (Lipinski definition) is 7. The summed E-state index contributed by atoms with van der Waals surface area (Å²) in [4.78, 5) is 60.9.